The molecule has 4 aromatic rings. The monoisotopic (exact) mass is 490 g/mol. The van der Waals surface area contributed by atoms with Crippen molar-refractivity contribution in [2.45, 2.75) is 12.5 Å². The number of hydrogen-bond donors (Lipinski definition) is 1. The molecule has 3 aromatic heterocycles. The Morgan fingerprint density at radius 3 is 2.72 bits per heavy atom. The molecule has 9 heteroatoms. The number of carbonyl (C=O) groups is 1. The third kappa shape index (κ3) is 4.63. The van der Waals surface area contributed by atoms with Crippen LogP contribution in [-0.2, 0) is 18.3 Å². The molecule has 0 aliphatic carbocycles. The second-order valence-electron chi connectivity index (χ2n) is 6.40. The zero-order chi connectivity index (χ0) is 20.4. The van der Waals surface area contributed by atoms with E-state index in [2.05, 4.69) is 31.2 Å². The summed E-state index contributed by atoms with van der Waals surface area (Å²) >= 11 is 6.56. The minimum Gasteiger partial charge on any atom is -0.342 e. The number of imidazole rings is 1. The Kier molecular flexibility index (Phi) is 5.89. The van der Waals surface area contributed by atoms with E-state index in [1.165, 1.54) is 23.5 Å². The third-order valence-corrected chi connectivity index (χ3v) is 7.05. The number of nitrogens with one attached hydrogen (secondary N) is 1. The summed E-state index contributed by atoms with van der Waals surface area (Å²) in [5, 5.41) is 7.81. The van der Waals surface area contributed by atoms with Gasteiger partial charge in [-0.1, -0.05) is 12.1 Å². The maximum atomic E-state index is 13.3. The first kappa shape index (κ1) is 19.9. The highest BCUT2D eigenvalue weighted by molar-refractivity contribution is 9.10. The summed E-state index contributed by atoms with van der Waals surface area (Å²) in [6, 6.07) is 7.61. The fourth-order valence-electron chi connectivity index (χ4n) is 2.91. The molecule has 1 aromatic carbocycles. The average molecular weight is 491 g/mol. The molecule has 1 N–H and O–H groups in total. The summed E-state index contributed by atoms with van der Waals surface area (Å²) in [5.74, 6) is 0.174. The number of hydrogen-bond acceptors (Lipinski definition) is 5. The van der Waals surface area contributed by atoms with Gasteiger partial charge >= 0.3 is 0 Å². The molecule has 3 heterocycles. The van der Waals surface area contributed by atoms with E-state index in [1.54, 1.807) is 29.7 Å². The van der Waals surface area contributed by atoms with Gasteiger partial charge in [-0.3, -0.25) is 4.79 Å². The number of thiazole rings is 1. The smallest absolute Gasteiger partial charge is 0.226 e. The highest BCUT2D eigenvalue weighted by atomic mass is 79.9. The maximum absolute atomic E-state index is 13.3. The molecular weight excluding hydrogens is 475 g/mol. The van der Waals surface area contributed by atoms with Crippen LogP contribution in [0.15, 0.2) is 58.0 Å². The fraction of sp³-hybridized carbons (Fsp3) is 0.150. The Bertz CT molecular complexity index is 1140. The molecule has 1 atom stereocenters. The lowest BCUT2D eigenvalue weighted by molar-refractivity contribution is -0.121. The van der Waals surface area contributed by atoms with Crippen molar-refractivity contribution in [2.24, 2.45) is 7.05 Å². The number of aryl methyl sites for hydroxylation is 1. The molecule has 29 heavy (non-hydrogen) atoms. The van der Waals surface area contributed by atoms with Crippen LogP contribution < -0.4 is 5.32 Å². The van der Waals surface area contributed by atoms with Crippen molar-refractivity contribution >= 4 is 44.5 Å². The van der Waals surface area contributed by atoms with Crippen LogP contribution in [0.5, 0.6) is 0 Å². The molecule has 1 unspecified atom stereocenters. The summed E-state index contributed by atoms with van der Waals surface area (Å²) in [4.78, 5) is 22.8. The largest absolute Gasteiger partial charge is 0.342 e. The molecule has 0 radical (unpaired) electrons. The van der Waals surface area contributed by atoms with Gasteiger partial charge in [0.2, 0.25) is 5.91 Å². The van der Waals surface area contributed by atoms with Gasteiger partial charge in [-0.05, 0) is 39.7 Å². The van der Waals surface area contributed by atoms with Gasteiger partial charge in [0, 0.05) is 34.7 Å². The highest BCUT2D eigenvalue weighted by Gasteiger charge is 2.21. The first-order valence-corrected chi connectivity index (χ1v) is 11.3. The van der Waals surface area contributed by atoms with E-state index in [0.29, 0.717) is 11.5 Å². The first-order valence-electron chi connectivity index (χ1n) is 8.70. The second-order valence-corrected chi connectivity index (χ2v) is 9.08. The number of halogens is 2. The number of nitrogens with zero attached hydrogens (tertiary/aromatic N) is 3. The lowest BCUT2D eigenvalue weighted by atomic mass is 10.1. The van der Waals surface area contributed by atoms with Crippen molar-refractivity contribution in [1.29, 1.82) is 0 Å². The summed E-state index contributed by atoms with van der Waals surface area (Å²) in [7, 11) is 1.86. The average Bonchev–Trinajstić information content (AvgIpc) is 3.42. The Balaban J connectivity index is 1.52. The van der Waals surface area contributed by atoms with Crippen molar-refractivity contribution in [3.63, 3.8) is 0 Å². The van der Waals surface area contributed by atoms with Crippen molar-refractivity contribution in [3.8, 4) is 9.88 Å². The van der Waals surface area contributed by atoms with Gasteiger partial charge in [0.1, 0.15) is 22.7 Å². The SMILES string of the molecule is Cn1ccnc1C(NC(=O)Cc1csc(-c2cc(Br)cs2)n1)c1ccc(F)cc1. The third-order valence-electron chi connectivity index (χ3n) is 4.30. The number of benzene rings is 1. The van der Waals surface area contributed by atoms with Crippen LogP contribution >= 0.6 is 38.6 Å². The number of aromatic nitrogens is 3. The fourth-order valence-corrected chi connectivity index (χ4v) is 5.24. The number of carbonyl (C=O) groups excluding carboxylic acids is 1. The standard InChI is InChI=1S/C20H16BrFN4OS2/c1-26-7-6-23-19(26)18(12-2-4-14(22)5-3-12)25-17(27)9-15-11-29-20(24-15)16-8-13(21)10-28-16/h2-8,10-11,18H,9H2,1H3,(H,25,27). The Morgan fingerprint density at radius 2 is 2.07 bits per heavy atom. The minimum atomic E-state index is -0.477. The van der Waals surface area contributed by atoms with Gasteiger partial charge in [-0.25, -0.2) is 14.4 Å². The number of thiophene rings is 1. The topological polar surface area (TPSA) is 59.8 Å². The Morgan fingerprint density at radius 1 is 1.28 bits per heavy atom. The van der Waals surface area contributed by atoms with Crippen LogP contribution in [-0.4, -0.2) is 20.4 Å². The van der Waals surface area contributed by atoms with E-state index in [0.717, 1.165) is 19.9 Å². The molecule has 4 rings (SSSR count). The van der Waals surface area contributed by atoms with Gasteiger partial charge in [-0.2, -0.15) is 0 Å². The molecule has 1 amide bonds. The van der Waals surface area contributed by atoms with Crippen LogP contribution in [0.1, 0.15) is 23.1 Å². The van der Waals surface area contributed by atoms with Crippen LogP contribution in [0.2, 0.25) is 0 Å². The zero-order valence-corrected chi connectivity index (χ0v) is 18.5. The molecule has 0 aliphatic heterocycles. The lowest BCUT2D eigenvalue weighted by Gasteiger charge is -2.19. The van der Waals surface area contributed by atoms with Crippen molar-refractivity contribution in [2.75, 3.05) is 0 Å². The van der Waals surface area contributed by atoms with E-state index in [9.17, 15) is 9.18 Å². The lowest BCUT2D eigenvalue weighted by Crippen LogP contribution is -2.32. The zero-order valence-electron chi connectivity index (χ0n) is 15.3. The molecule has 0 spiro atoms. The molecule has 0 saturated heterocycles. The van der Waals surface area contributed by atoms with Crippen LogP contribution in [0, 0.1) is 5.82 Å². The van der Waals surface area contributed by atoms with Gasteiger partial charge in [-0.15, -0.1) is 22.7 Å². The summed E-state index contributed by atoms with van der Waals surface area (Å²) in [6.07, 6.45) is 3.64. The molecule has 0 bridgehead atoms. The maximum Gasteiger partial charge on any atom is 0.226 e. The number of rotatable bonds is 6. The predicted octanol–water partition coefficient (Wildman–Crippen LogP) is 4.96. The van der Waals surface area contributed by atoms with Gasteiger partial charge < -0.3 is 9.88 Å². The van der Waals surface area contributed by atoms with E-state index in [4.69, 9.17) is 0 Å². The molecular formula is C20H16BrFN4OS2. The quantitative estimate of drug-likeness (QED) is 0.415. The summed E-state index contributed by atoms with van der Waals surface area (Å²) in [6.45, 7) is 0. The molecule has 0 aliphatic rings. The van der Waals surface area contributed by atoms with E-state index in [-0.39, 0.29) is 18.1 Å². The second kappa shape index (κ2) is 8.56. The van der Waals surface area contributed by atoms with Crippen LogP contribution in [0.3, 0.4) is 0 Å². The molecule has 0 saturated carbocycles. The number of amides is 1. The van der Waals surface area contributed by atoms with Crippen molar-refractivity contribution in [1.82, 2.24) is 19.9 Å². The van der Waals surface area contributed by atoms with Gasteiger partial charge in [0.05, 0.1) is 17.0 Å². The van der Waals surface area contributed by atoms with Crippen LogP contribution in [0.4, 0.5) is 4.39 Å². The van der Waals surface area contributed by atoms with E-state index in [1.807, 2.05) is 34.6 Å². The Labute approximate surface area is 183 Å². The molecule has 5 nitrogen and oxygen atoms in total. The molecule has 0 fully saturated rings. The van der Waals surface area contributed by atoms with Crippen molar-refractivity contribution in [3.05, 3.63) is 80.9 Å². The summed E-state index contributed by atoms with van der Waals surface area (Å²) < 4.78 is 16.2. The van der Waals surface area contributed by atoms with E-state index < -0.39 is 6.04 Å². The van der Waals surface area contributed by atoms with Crippen molar-refractivity contribution < 1.29 is 9.18 Å². The van der Waals surface area contributed by atoms with E-state index >= 15 is 0 Å². The van der Waals surface area contributed by atoms with Crippen LogP contribution in [0.25, 0.3) is 9.88 Å². The summed E-state index contributed by atoms with van der Waals surface area (Å²) in [5.41, 5.74) is 1.47. The molecule has 148 valence electrons. The van der Waals surface area contributed by atoms with Gasteiger partial charge in [0.15, 0.2) is 0 Å². The normalized spacial score (nSPS) is 12.1. The Hall–Kier alpha value is -2.36. The minimum absolute atomic E-state index is 0.158. The van der Waals surface area contributed by atoms with Gasteiger partial charge in [0.25, 0.3) is 0 Å². The predicted molar refractivity (Wildman–Crippen MR) is 116 cm³/mol. The first-order chi connectivity index (χ1) is 14.0. The highest BCUT2D eigenvalue weighted by Crippen LogP contribution is 2.32.